The summed E-state index contributed by atoms with van der Waals surface area (Å²) in [4.78, 5) is 16.6. The molecule has 0 aliphatic rings. The number of para-hydroxylation sites is 1. The summed E-state index contributed by atoms with van der Waals surface area (Å²) in [6.07, 6.45) is 0. The largest absolute Gasteiger partial charge is 0.460 e. The Kier molecular flexibility index (Phi) is 4.68. The highest BCUT2D eigenvalue weighted by molar-refractivity contribution is 8.01. The number of carbonyl (C=O) groups excluding carboxylic acids is 1. The summed E-state index contributed by atoms with van der Waals surface area (Å²) in [7, 11) is 0. The molecule has 0 bridgehead atoms. The molecule has 0 aliphatic carbocycles. The standard InChI is InChI=1S/C20H15NO2S2/c22-19(13-24-20-21-17-10-3-4-11-18(17)25-20)23-12-15-8-5-7-14-6-1-2-9-16(14)15/h1-11H,12-13H2. The Hall–Kier alpha value is -2.37. The Bertz CT molecular complexity index is 1000. The highest BCUT2D eigenvalue weighted by Crippen LogP contribution is 2.29. The zero-order valence-corrected chi connectivity index (χ0v) is 15.0. The van der Waals surface area contributed by atoms with E-state index in [0.717, 1.165) is 30.9 Å². The number of carbonyl (C=O) groups is 1. The van der Waals surface area contributed by atoms with Crippen LogP contribution < -0.4 is 0 Å². The lowest BCUT2D eigenvalue weighted by atomic mass is 10.1. The molecule has 0 spiro atoms. The van der Waals surface area contributed by atoms with Gasteiger partial charge in [0.15, 0.2) is 4.34 Å². The van der Waals surface area contributed by atoms with Gasteiger partial charge >= 0.3 is 5.97 Å². The molecule has 3 nitrogen and oxygen atoms in total. The summed E-state index contributed by atoms with van der Waals surface area (Å²) >= 11 is 3.03. The van der Waals surface area contributed by atoms with Crippen LogP contribution in [0, 0.1) is 0 Å². The van der Waals surface area contributed by atoms with E-state index in [4.69, 9.17) is 4.74 Å². The number of nitrogens with zero attached hydrogens (tertiary/aromatic N) is 1. The van der Waals surface area contributed by atoms with Crippen molar-refractivity contribution < 1.29 is 9.53 Å². The van der Waals surface area contributed by atoms with Crippen LogP contribution in [0.15, 0.2) is 71.1 Å². The van der Waals surface area contributed by atoms with Crippen LogP contribution in [0.5, 0.6) is 0 Å². The molecular formula is C20H15NO2S2. The van der Waals surface area contributed by atoms with Crippen molar-refractivity contribution in [1.29, 1.82) is 0 Å². The number of thioether (sulfide) groups is 1. The number of thiazole rings is 1. The second-order valence-electron chi connectivity index (χ2n) is 5.54. The van der Waals surface area contributed by atoms with E-state index in [1.807, 2.05) is 54.6 Å². The SMILES string of the molecule is O=C(CSc1nc2ccccc2s1)OCc1cccc2ccccc12. The van der Waals surface area contributed by atoms with E-state index in [-0.39, 0.29) is 11.7 Å². The maximum Gasteiger partial charge on any atom is 0.316 e. The first-order valence-electron chi connectivity index (χ1n) is 7.90. The normalized spacial score (nSPS) is 11.0. The van der Waals surface area contributed by atoms with Crippen molar-refractivity contribution in [2.24, 2.45) is 0 Å². The molecule has 0 amide bonds. The number of rotatable bonds is 5. The fraction of sp³-hybridized carbons (Fsp3) is 0.100. The third-order valence-electron chi connectivity index (χ3n) is 3.86. The van der Waals surface area contributed by atoms with Crippen molar-refractivity contribution in [3.8, 4) is 0 Å². The van der Waals surface area contributed by atoms with Crippen LogP contribution in [0.25, 0.3) is 21.0 Å². The smallest absolute Gasteiger partial charge is 0.316 e. The molecule has 0 atom stereocenters. The first-order valence-corrected chi connectivity index (χ1v) is 9.70. The van der Waals surface area contributed by atoms with Crippen molar-refractivity contribution in [1.82, 2.24) is 4.98 Å². The van der Waals surface area contributed by atoms with E-state index in [0.29, 0.717) is 6.61 Å². The third kappa shape index (κ3) is 3.67. The predicted octanol–water partition coefficient (Wildman–Crippen LogP) is 5.29. The van der Waals surface area contributed by atoms with Gasteiger partial charge in [0.05, 0.1) is 16.0 Å². The molecule has 3 aromatic carbocycles. The van der Waals surface area contributed by atoms with Crippen LogP contribution in [0.3, 0.4) is 0 Å². The van der Waals surface area contributed by atoms with Crippen LogP contribution in [-0.4, -0.2) is 16.7 Å². The minimum atomic E-state index is -0.225. The van der Waals surface area contributed by atoms with Crippen LogP contribution >= 0.6 is 23.1 Å². The number of esters is 1. The first-order chi connectivity index (χ1) is 12.3. The molecule has 0 fully saturated rings. The van der Waals surface area contributed by atoms with Crippen LogP contribution in [0.1, 0.15) is 5.56 Å². The lowest BCUT2D eigenvalue weighted by molar-refractivity contribution is -0.141. The van der Waals surface area contributed by atoms with E-state index in [1.165, 1.54) is 11.8 Å². The summed E-state index contributed by atoms with van der Waals surface area (Å²) < 4.78 is 7.47. The minimum absolute atomic E-state index is 0.225. The number of fused-ring (bicyclic) bond motifs is 2. The molecule has 0 aliphatic heterocycles. The summed E-state index contributed by atoms with van der Waals surface area (Å²) in [5.74, 6) is 0.0436. The van der Waals surface area contributed by atoms with Crippen molar-refractivity contribution in [3.05, 3.63) is 72.3 Å². The molecule has 1 aromatic heterocycles. The Labute approximate surface area is 153 Å². The van der Waals surface area contributed by atoms with E-state index in [9.17, 15) is 4.79 Å². The molecule has 0 radical (unpaired) electrons. The average Bonchev–Trinajstić information content (AvgIpc) is 3.07. The molecule has 124 valence electrons. The van der Waals surface area contributed by atoms with Gasteiger partial charge < -0.3 is 4.74 Å². The van der Waals surface area contributed by atoms with Crippen molar-refractivity contribution in [2.75, 3.05) is 5.75 Å². The van der Waals surface area contributed by atoms with Crippen LogP contribution in [0.2, 0.25) is 0 Å². The zero-order chi connectivity index (χ0) is 17.1. The van der Waals surface area contributed by atoms with Crippen molar-refractivity contribution in [3.63, 3.8) is 0 Å². The number of hydrogen-bond acceptors (Lipinski definition) is 5. The number of hydrogen-bond donors (Lipinski definition) is 0. The van der Waals surface area contributed by atoms with Gasteiger partial charge in [-0.1, -0.05) is 66.4 Å². The van der Waals surface area contributed by atoms with Gasteiger partial charge in [0, 0.05) is 0 Å². The summed E-state index contributed by atoms with van der Waals surface area (Å²) in [6.45, 7) is 0.292. The van der Waals surface area contributed by atoms with E-state index < -0.39 is 0 Å². The minimum Gasteiger partial charge on any atom is -0.460 e. The molecule has 1 heterocycles. The van der Waals surface area contributed by atoms with Gasteiger partial charge in [0.25, 0.3) is 0 Å². The lowest BCUT2D eigenvalue weighted by Gasteiger charge is -2.07. The number of aromatic nitrogens is 1. The Morgan fingerprint density at radius 3 is 2.72 bits per heavy atom. The fourth-order valence-electron chi connectivity index (χ4n) is 2.65. The van der Waals surface area contributed by atoms with Gasteiger partial charge in [-0.3, -0.25) is 4.79 Å². The lowest BCUT2D eigenvalue weighted by Crippen LogP contribution is -2.07. The van der Waals surface area contributed by atoms with Gasteiger partial charge in [-0.25, -0.2) is 4.98 Å². The zero-order valence-electron chi connectivity index (χ0n) is 13.3. The molecule has 4 rings (SSSR count). The predicted molar refractivity (Wildman–Crippen MR) is 104 cm³/mol. The molecule has 0 N–H and O–H groups in total. The van der Waals surface area contributed by atoms with E-state index in [1.54, 1.807) is 11.3 Å². The topological polar surface area (TPSA) is 39.2 Å². The second kappa shape index (κ2) is 7.25. The van der Waals surface area contributed by atoms with Gasteiger partial charge in [0.2, 0.25) is 0 Å². The monoisotopic (exact) mass is 365 g/mol. The molecule has 0 saturated carbocycles. The molecule has 0 saturated heterocycles. The molecular weight excluding hydrogens is 350 g/mol. The van der Waals surface area contributed by atoms with Gasteiger partial charge in [0.1, 0.15) is 6.61 Å². The Balaban J connectivity index is 1.37. The maximum absolute atomic E-state index is 12.1. The van der Waals surface area contributed by atoms with E-state index >= 15 is 0 Å². The van der Waals surface area contributed by atoms with Crippen LogP contribution in [0.4, 0.5) is 0 Å². The first kappa shape index (κ1) is 16.1. The Morgan fingerprint density at radius 1 is 1.00 bits per heavy atom. The fourth-order valence-corrected chi connectivity index (χ4v) is 4.52. The number of ether oxygens (including phenoxy) is 1. The quantitative estimate of drug-likeness (QED) is 0.356. The number of benzene rings is 3. The van der Waals surface area contributed by atoms with Crippen molar-refractivity contribution >= 4 is 50.1 Å². The van der Waals surface area contributed by atoms with Crippen LogP contribution in [-0.2, 0) is 16.1 Å². The maximum atomic E-state index is 12.1. The molecule has 25 heavy (non-hydrogen) atoms. The summed E-state index contributed by atoms with van der Waals surface area (Å²) in [6, 6.07) is 22.1. The highest BCUT2D eigenvalue weighted by atomic mass is 32.2. The van der Waals surface area contributed by atoms with E-state index in [2.05, 4.69) is 17.1 Å². The highest BCUT2D eigenvalue weighted by Gasteiger charge is 2.09. The molecule has 4 aromatic rings. The average molecular weight is 365 g/mol. The molecule has 5 heteroatoms. The second-order valence-corrected chi connectivity index (χ2v) is 7.79. The van der Waals surface area contributed by atoms with Crippen molar-refractivity contribution in [2.45, 2.75) is 10.9 Å². The third-order valence-corrected chi connectivity index (χ3v) is 6.01. The summed E-state index contributed by atoms with van der Waals surface area (Å²) in [5.41, 5.74) is 2.00. The van der Waals surface area contributed by atoms with Gasteiger partial charge in [-0.05, 0) is 28.5 Å². The Morgan fingerprint density at radius 2 is 1.80 bits per heavy atom. The molecule has 0 unspecified atom stereocenters. The summed E-state index contributed by atoms with van der Waals surface area (Å²) in [5, 5.41) is 2.27. The van der Waals surface area contributed by atoms with Gasteiger partial charge in [-0.2, -0.15) is 0 Å². The van der Waals surface area contributed by atoms with Gasteiger partial charge in [-0.15, -0.1) is 11.3 Å².